The molecule has 20 atom stereocenters. The van der Waals surface area contributed by atoms with Gasteiger partial charge in [0.1, 0.15) is 0 Å². The Bertz CT molecular complexity index is 2110. The number of rotatable bonds is 20. The van der Waals surface area contributed by atoms with Crippen molar-refractivity contribution >= 4 is 45.4 Å². The number of fused-ring (bicyclic) bond motifs is 10. The van der Waals surface area contributed by atoms with Crippen LogP contribution in [0.15, 0.2) is 0 Å². The molecule has 8 rings (SSSR count). The summed E-state index contributed by atoms with van der Waals surface area (Å²) in [6.45, 7) is 14.7. The molecule has 0 aromatic heterocycles. The summed E-state index contributed by atoms with van der Waals surface area (Å²) in [6, 6.07) is 0.160. The van der Waals surface area contributed by atoms with E-state index >= 15 is 0 Å². The monoisotopic (exact) mass is 1060 g/mol. The van der Waals surface area contributed by atoms with Crippen molar-refractivity contribution in [3.63, 3.8) is 0 Å². The standard InChI is InChI=1S/C57H94N4O10S2/c1-34(10-16-48(64)58-26-28-72-68)40-12-14-42-52-44(20-24-56(40,42)5)54(3)22-18-38(30-36(54)32-46(52)62)60-50(66)8-7-9-51(67)61-39-19-23-55(4)37(31-39)33-47(63)53-43-15-13-41(57(43,6)25-21-45(53)55)35(2)11-17-49(65)59-27-29-73(69,70)71/h34-47,52-53,62-63H,7-33H2,1-6H3,(H4-,58,59,60,61,64,65,66,67,69,70,71)/p+1/t34-,35-,36?,37?,38-,39-,40-,41-,42+,43+,44+,45+,46+,47+,52+,53+,54+,55+,56-,57-/m1/s1. The molecule has 2 unspecified atom stereocenters. The van der Waals surface area contributed by atoms with E-state index in [1.165, 1.54) is 6.42 Å². The Hall–Kier alpha value is -2.27. The number of carbonyl (C=O) groups excluding carboxylic acids is 4. The summed E-state index contributed by atoms with van der Waals surface area (Å²) < 4.78 is 41.8. The van der Waals surface area contributed by atoms with Crippen LogP contribution in [0.25, 0.3) is 0 Å². The van der Waals surface area contributed by atoms with Gasteiger partial charge in [0.15, 0.2) is 0 Å². The predicted octanol–water partition coefficient (Wildman–Crippen LogP) is 7.77. The molecule has 0 aromatic rings. The average Bonchev–Trinajstić information content (AvgIpc) is 3.87. The number of hydrogen-bond donors (Lipinski definition) is 7. The maximum atomic E-state index is 13.4. The lowest BCUT2D eigenvalue weighted by Crippen LogP contribution is -2.59. The van der Waals surface area contributed by atoms with Crippen LogP contribution in [0.5, 0.6) is 0 Å². The van der Waals surface area contributed by atoms with Crippen LogP contribution >= 0.6 is 0 Å². The van der Waals surface area contributed by atoms with Gasteiger partial charge in [-0.15, -0.1) is 0 Å². The average molecular weight is 1060 g/mol. The van der Waals surface area contributed by atoms with Gasteiger partial charge >= 0.3 is 11.7 Å². The van der Waals surface area contributed by atoms with Crippen molar-refractivity contribution in [3.05, 3.63) is 0 Å². The van der Waals surface area contributed by atoms with Crippen molar-refractivity contribution in [2.24, 2.45) is 92.7 Å². The lowest BCUT2D eigenvalue weighted by atomic mass is 9.43. The molecule has 4 amide bonds. The van der Waals surface area contributed by atoms with Crippen LogP contribution in [0, 0.1) is 92.7 Å². The topological polar surface area (TPSA) is 228 Å². The van der Waals surface area contributed by atoms with Gasteiger partial charge in [0.2, 0.25) is 29.4 Å². The van der Waals surface area contributed by atoms with Gasteiger partial charge in [-0.3, -0.25) is 23.7 Å². The molecule has 0 spiro atoms. The van der Waals surface area contributed by atoms with E-state index < -0.39 is 15.9 Å². The highest BCUT2D eigenvalue weighted by molar-refractivity contribution is 7.85. The van der Waals surface area contributed by atoms with Crippen LogP contribution in [0.4, 0.5) is 0 Å². The first-order valence-electron chi connectivity index (χ1n) is 29.2. The highest BCUT2D eigenvalue weighted by Crippen LogP contribution is 2.70. The minimum Gasteiger partial charge on any atom is -0.393 e. The van der Waals surface area contributed by atoms with E-state index in [2.05, 4.69) is 62.8 Å². The molecule has 0 saturated heterocycles. The Morgan fingerprint density at radius 1 is 0.562 bits per heavy atom. The fourth-order valence-corrected chi connectivity index (χ4v) is 20.1. The number of carbonyl (C=O) groups is 4. The Balaban J connectivity index is 0.751. The third-order valence-corrected chi connectivity index (χ3v) is 24.4. The van der Waals surface area contributed by atoms with Crippen molar-refractivity contribution in [2.45, 2.75) is 214 Å². The first-order chi connectivity index (χ1) is 34.5. The van der Waals surface area contributed by atoms with Crippen LogP contribution in [-0.4, -0.2) is 95.7 Å². The first kappa shape index (κ1) is 56.9. The molecular formula is C57H95N4O10S2+. The number of nitrogens with one attached hydrogen (secondary N) is 4. The van der Waals surface area contributed by atoms with E-state index in [-0.39, 0.29) is 82.0 Å². The summed E-state index contributed by atoms with van der Waals surface area (Å²) in [5.41, 5.74) is 0.517. The van der Waals surface area contributed by atoms with Gasteiger partial charge in [-0.1, -0.05) is 41.5 Å². The smallest absolute Gasteiger partial charge is 0.393 e. The second-order valence-electron chi connectivity index (χ2n) is 26.8. The highest BCUT2D eigenvalue weighted by atomic mass is 32.2. The van der Waals surface area contributed by atoms with E-state index in [1.807, 2.05) is 0 Å². The normalized spacial score (nSPS) is 42.5. The quantitative estimate of drug-likeness (QED) is 0.0356. The fraction of sp³-hybridized carbons (Fsp3) is 0.930. The van der Waals surface area contributed by atoms with Crippen LogP contribution in [0.2, 0.25) is 0 Å². The Labute approximate surface area is 442 Å². The number of aliphatic hydroxyl groups is 2. The Morgan fingerprint density at radius 2 is 0.973 bits per heavy atom. The fourth-order valence-electron chi connectivity index (χ4n) is 19.5. The minimum absolute atomic E-state index is 0.00623. The van der Waals surface area contributed by atoms with Crippen LogP contribution in [0.3, 0.4) is 0 Å². The molecule has 73 heavy (non-hydrogen) atoms. The van der Waals surface area contributed by atoms with Crippen molar-refractivity contribution < 1.29 is 46.6 Å². The number of amides is 4. The molecule has 16 heteroatoms. The van der Waals surface area contributed by atoms with Gasteiger partial charge in [-0.2, -0.15) is 8.42 Å². The summed E-state index contributed by atoms with van der Waals surface area (Å²) in [5, 5.41) is 36.2. The van der Waals surface area contributed by atoms with Gasteiger partial charge in [-0.05, 0) is 215 Å². The van der Waals surface area contributed by atoms with E-state index in [9.17, 15) is 42.0 Å². The molecule has 414 valence electrons. The molecule has 0 bridgehead atoms. The first-order valence-corrected chi connectivity index (χ1v) is 31.7. The zero-order valence-electron chi connectivity index (χ0n) is 45.3. The molecule has 14 nitrogen and oxygen atoms in total. The molecular weight excluding hydrogens is 965 g/mol. The zero-order chi connectivity index (χ0) is 52.7. The maximum Gasteiger partial charge on any atom is 0.460 e. The minimum atomic E-state index is -4.12. The van der Waals surface area contributed by atoms with Crippen LogP contribution in [-0.2, 0) is 45.2 Å². The summed E-state index contributed by atoms with van der Waals surface area (Å²) in [6.07, 6.45) is 19.1. The van der Waals surface area contributed by atoms with Crippen molar-refractivity contribution in [3.8, 4) is 0 Å². The molecule has 0 aliphatic heterocycles. The third kappa shape index (κ3) is 11.9. The number of aliphatic hydroxyl groups excluding tert-OH is 2. The molecule has 8 aliphatic carbocycles. The second-order valence-corrected chi connectivity index (χ2v) is 29.0. The largest absolute Gasteiger partial charge is 0.460 e. The van der Waals surface area contributed by atoms with Gasteiger partial charge in [0.05, 0.1) is 24.5 Å². The Kier molecular flexibility index (Phi) is 17.9. The van der Waals surface area contributed by atoms with Crippen LogP contribution < -0.4 is 21.3 Å². The van der Waals surface area contributed by atoms with Crippen LogP contribution in [0.1, 0.15) is 189 Å². The van der Waals surface area contributed by atoms with Crippen molar-refractivity contribution in [1.82, 2.24) is 21.3 Å². The van der Waals surface area contributed by atoms with Gasteiger partial charge < -0.3 is 31.5 Å². The summed E-state index contributed by atoms with van der Waals surface area (Å²) in [5.74, 6) is 4.59. The lowest BCUT2D eigenvalue weighted by Gasteiger charge is -2.62. The molecule has 0 radical (unpaired) electrons. The molecule has 7 N–H and O–H groups in total. The number of hydrogen-bond acceptors (Lipinski definition) is 9. The molecule has 0 heterocycles. The zero-order valence-corrected chi connectivity index (χ0v) is 47.0. The van der Waals surface area contributed by atoms with Crippen molar-refractivity contribution in [2.75, 3.05) is 24.6 Å². The molecule has 8 aliphatic rings. The molecule has 8 saturated carbocycles. The van der Waals surface area contributed by atoms with E-state index in [4.69, 9.17) is 4.55 Å². The maximum absolute atomic E-state index is 13.4. The summed E-state index contributed by atoms with van der Waals surface area (Å²) in [7, 11) is -4.12. The SMILES string of the molecule is C[C@H](CCC(=O)NCC[S+]=O)[C@H]1CC[C@H]2[C@@H]3[C@@H](O)CC4C[C@H](NC(=O)CCCC(=O)N[C@@H]5CC[C@@]6(C)C(C5)C[C@H](O)[C@H]5[C@@H]7CC[C@H]([C@H](C)CCC(=O)NCCS(=O)(=O)O)[C@@]7(C)CC[C@@H]56)CC[C@]4(C)[C@H]3CC[C@]12C. The summed E-state index contributed by atoms with van der Waals surface area (Å²) in [4.78, 5) is 51.8. The predicted molar refractivity (Wildman–Crippen MR) is 283 cm³/mol. The van der Waals surface area contributed by atoms with E-state index in [0.29, 0.717) is 121 Å². The van der Waals surface area contributed by atoms with E-state index in [1.54, 1.807) is 0 Å². The highest BCUT2D eigenvalue weighted by Gasteiger charge is 2.65. The van der Waals surface area contributed by atoms with Crippen molar-refractivity contribution in [1.29, 1.82) is 0 Å². The van der Waals surface area contributed by atoms with Gasteiger partial charge in [0, 0.05) is 48.5 Å². The molecule has 0 aromatic carbocycles. The Morgan fingerprint density at radius 3 is 1.40 bits per heavy atom. The van der Waals surface area contributed by atoms with Gasteiger partial charge in [0.25, 0.3) is 10.1 Å². The second kappa shape index (κ2) is 23.0. The molecule has 8 fully saturated rings. The lowest BCUT2D eigenvalue weighted by molar-refractivity contribution is -0.167. The van der Waals surface area contributed by atoms with Gasteiger partial charge in [-0.25, -0.2) is 0 Å². The third-order valence-electron chi connectivity index (χ3n) is 23.3. The summed E-state index contributed by atoms with van der Waals surface area (Å²) >= 11 is 0.503. The van der Waals surface area contributed by atoms with E-state index in [0.717, 1.165) is 109 Å².